The van der Waals surface area contributed by atoms with E-state index >= 15 is 4.39 Å². The Labute approximate surface area is 364 Å². The number of piperazine rings is 1. The summed E-state index contributed by atoms with van der Waals surface area (Å²) >= 11 is 0. The number of nitrogens with one attached hydrogen (secondary N) is 2. The number of halogens is 1. The summed E-state index contributed by atoms with van der Waals surface area (Å²) in [6.07, 6.45) is 8.96. The third-order valence-corrected chi connectivity index (χ3v) is 14.1. The van der Waals surface area contributed by atoms with E-state index < -0.39 is 11.9 Å². The fourth-order valence-electron chi connectivity index (χ4n) is 9.94. The molecule has 2 aromatic carbocycles. The molecular weight excluding hydrogens is 788 g/mol. The van der Waals surface area contributed by atoms with Crippen LogP contribution >= 0.6 is 0 Å². The monoisotopic (exact) mass is 851 g/mol. The van der Waals surface area contributed by atoms with Crippen molar-refractivity contribution < 1.29 is 23.5 Å². The lowest BCUT2D eigenvalue weighted by atomic mass is 9.90. The van der Waals surface area contributed by atoms with Gasteiger partial charge in [-0.1, -0.05) is 0 Å². The van der Waals surface area contributed by atoms with Crippen LogP contribution in [-0.4, -0.2) is 132 Å². The number of anilines is 3. The van der Waals surface area contributed by atoms with Gasteiger partial charge in [-0.2, -0.15) is 0 Å². The minimum atomic E-state index is -0.558. The molecule has 5 heterocycles. The summed E-state index contributed by atoms with van der Waals surface area (Å²) in [7, 11) is 1.73. The number of carbonyl (C=O) groups excluding carboxylic acids is 3. The van der Waals surface area contributed by atoms with Gasteiger partial charge in [-0.05, 0) is 115 Å². The van der Waals surface area contributed by atoms with Gasteiger partial charge in [0.1, 0.15) is 29.8 Å². The van der Waals surface area contributed by atoms with Crippen LogP contribution in [-0.2, 0) is 16.1 Å². The van der Waals surface area contributed by atoms with Crippen LogP contribution in [0.5, 0.6) is 5.75 Å². The number of carbonyl (C=O) groups is 3. The van der Waals surface area contributed by atoms with Crippen LogP contribution in [0.25, 0.3) is 0 Å². The molecule has 3 aromatic rings. The maximum atomic E-state index is 16.2. The largest absolute Gasteiger partial charge is 0.488 e. The first-order chi connectivity index (χ1) is 29.7. The summed E-state index contributed by atoms with van der Waals surface area (Å²) in [5.74, 6) is 1.59. The lowest BCUT2D eigenvalue weighted by molar-refractivity contribution is -0.137. The van der Waals surface area contributed by atoms with Crippen molar-refractivity contribution in [1.82, 2.24) is 30.0 Å². The number of ether oxygens (including phenoxy) is 1. The predicted octanol–water partition coefficient (Wildman–Crippen LogP) is 5.12. The molecule has 1 saturated carbocycles. The molecule has 4 saturated heterocycles. The Morgan fingerprint density at radius 2 is 1.66 bits per heavy atom. The van der Waals surface area contributed by atoms with Crippen LogP contribution in [0.15, 0.2) is 42.7 Å². The number of benzene rings is 2. The number of piperidine rings is 3. The van der Waals surface area contributed by atoms with E-state index in [-0.39, 0.29) is 52.8 Å². The van der Waals surface area contributed by atoms with Crippen molar-refractivity contribution >= 4 is 41.0 Å². The SMILES string of the molecule is CN(Cc1c(C=O)ccc(N2CCC(CN3CCN(CC4CCN(c5cc(C(=N)c6cc(OC7(C)CC7)ccc6N)ncn5)CC4)CC3(C)C)CC2)c1F)C1CCC(=O)NC1=O. The maximum absolute atomic E-state index is 16.2. The highest BCUT2D eigenvalue weighted by Crippen LogP contribution is 2.40. The molecule has 4 aliphatic heterocycles. The standard InChI is InChI=1S/C47H63FN10O4/c1-46(2)29-55(25-31-13-19-57(20-14-31)41-24-38(51-30-52-41)44(50)35-23-34(6-7-37(35)49)62-47(3)15-16-47)21-22-58(46)26-32-11-17-56(18-12-32)39-8-5-33(28-59)36(43(39)48)27-54(4)40-9-10-42(60)53-45(40)61/h5-8,23-24,28,30-32,40,50H,9-22,25-27,29,49H2,1-4H3,(H,53,60,61). The van der Waals surface area contributed by atoms with Crippen molar-refractivity contribution in [2.24, 2.45) is 11.8 Å². The molecule has 0 radical (unpaired) electrons. The second-order valence-corrected chi connectivity index (χ2v) is 19.3. The van der Waals surface area contributed by atoms with Gasteiger partial charge in [-0.3, -0.25) is 39.8 Å². The van der Waals surface area contributed by atoms with Crippen LogP contribution in [0.4, 0.5) is 21.6 Å². The zero-order valence-electron chi connectivity index (χ0n) is 36.8. The summed E-state index contributed by atoms with van der Waals surface area (Å²) in [6.45, 7) is 15.4. The van der Waals surface area contributed by atoms with Crippen molar-refractivity contribution in [3.8, 4) is 5.75 Å². The smallest absolute Gasteiger partial charge is 0.243 e. The van der Waals surface area contributed by atoms with E-state index in [1.165, 1.54) is 0 Å². The molecule has 0 spiro atoms. The first-order valence-corrected chi connectivity index (χ1v) is 22.5. The summed E-state index contributed by atoms with van der Waals surface area (Å²) < 4.78 is 22.3. The molecule has 1 aliphatic carbocycles. The van der Waals surface area contributed by atoms with Gasteiger partial charge in [0.15, 0.2) is 5.82 Å². The maximum Gasteiger partial charge on any atom is 0.243 e. The van der Waals surface area contributed by atoms with E-state index in [9.17, 15) is 14.4 Å². The molecule has 332 valence electrons. The number of aldehydes is 1. The minimum Gasteiger partial charge on any atom is -0.488 e. The van der Waals surface area contributed by atoms with E-state index in [0.717, 1.165) is 109 Å². The highest BCUT2D eigenvalue weighted by molar-refractivity contribution is 6.13. The quantitative estimate of drug-likeness (QED) is 0.0851. The third-order valence-electron chi connectivity index (χ3n) is 14.1. The minimum absolute atomic E-state index is 0.0308. The number of nitrogens with two attached hydrogens (primary N) is 1. The highest BCUT2D eigenvalue weighted by Gasteiger charge is 2.40. The number of amides is 2. The molecule has 8 rings (SSSR count). The Hall–Kier alpha value is -4.99. The molecule has 62 heavy (non-hydrogen) atoms. The zero-order chi connectivity index (χ0) is 43.8. The first kappa shape index (κ1) is 43.7. The van der Waals surface area contributed by atoms with Crippen LogP contribution in [0.2, 0.25) is 0 Å². The molecule has 15 heteroatoms. The second-order valence-electron chi connectivity index (χ2n) is 19.3. The summed E-state index contributed by atoms with van der Waals surface area (Å²) in [5.41, 5.74) is 9.25. The number of aromatic nitrogens is 2. The summed E-state index contributed by atoms with van der Waals surface area (Å²) in [4.78, 5) is 56.6. The second kappa shape index (κ2) is 18.0. The van der Waals surface area contributed by atoms with E-state index in [2.05, 4.69) is 55.7 Å². The predicted molar refractivity (Wildman–Crippen MR) is 238 cm³/mol. The molecule has 4 N–H and O–H groups in total. The van der Waals surface area contributed by atoms with Crippen LogP contribution in [0.3, 0.4) is 0 Å². The van der Waals surface area contributed by atoms with Crippen molar-refractivity contribution in [3.63, 3.8) is 0 Å². The van der Waals surface area contributed by atoms with Crippen molar-refractivity contribution in [3.05, 3.63) is 70.9 Å². The van der Waals surface area contributed by atoms with Crippen LogP contribution in [0, 0.1) is 23.1 Å². The molecule has 2 amide bonds. The fraction of sp³-hybridized carbons (Fsp3) is 0.574. The number of hydrogen-bond acceptors (Lipinski definition) is 13. The molecule has 1 unspecified atom stereocenters. The summed E-state index contributed by atoms with van der Waals surface area (Å²) in [5, 5.41) is 11.4. The Morgan fingerprint density at radius 1 is 0.952 bits per heavy atom. The van der Waals surface area contributed by atoms with Gasteiger partial charge >= 0.3 is 0 Å². The fourth-order valence-corrected chi connectivity index (χ4v) is 9.94. The third kappa shape index (κ3) is 9.79. The molecule has 14 nitrogen and oxygen atoms in total. The van der Waals surface area contributed by atoms with Crippen LogP contribution in [0.1, 0.15) is 99.3 Å². The van der Waals surface area contributed by atoms with Crippen molar-refractivity contribution in [2.75, 3.05) is 81.5 Å². The number of rotatable bonds is 14. The van der Waals surface area contributed by atoms with E-state index in [4.69, 9.17) is 15.9 Å². The summed E-state index contributed by atoms with van der Waals surface area (Å²) in [6, 6.07) is 10.3. The molecular formula is C47H63FN10O4. The molecule has 1 atom stereocenters. The van der Waals surface area contributed by atoms with Gasteiger partial charge in [-0.15, -0.1) is 0 Å². The van der Waals surface area contributed by atoms with Gasteiger partial charge in [0.05, 0.1) is 23.1 Å². The lowest BCUT2D eigenvalue weighted by Crippen LogP contribution is -2.61. The first-order valence-electron chi connectivity index (χ1n) is 22.5. The molecule has 5 fully saturated rings. The van der Waals surface area contributed by atoms with E-state index in [1.807, 2.05) is 18.2 Å². The van der Waals surface area contributed by atoms with Gasteiger partial charge in [-0.25, -0.2) is 14.4 Å². The molecule has 0 bridgehead atoms. The van der Waals surface area contributed by atoms with Gasteiger partial charge < -0.3 is 20.3 Å². The van der Waals surface area contributed by atoms with E-state index in [0.29, 0.717) is 47.2 Å². The Bertz CT molecular complexity index is 2160. The zero-order valence-corrected chi connectivity index (χ0v) is 36.8. The average Bonchev–Trinajstić information content (AvgIpc) is 3.99. The Morgan fingerprint density at radius 3 is 2.34 bits per heavy atom. The van der Waals surface area contributed by atoms with Gasteiger partial charge in [0.2, 0.25) is 11.8 Å². The van der Waals surface area contributed by atoms with Gasteiger partial charge in [0.25, 0.3) is 0 Å². The Kier molecular flexibility index (Phi) is 12.7. The van der Waals surface area contributed by atoms with E-state index in [1.54, 1.807) is 36.5 Å². The molecule has 1 aromatic heterocycles. The number of imide groups is 1. The highest BCUT2D eigenvalue weighted by atomic mass is 19.1. The number of nitrogen functional groups attached to an aromatic ring is 1. The number of likely N-dealkylation sites (N-methyl/N-ethyl adjacent to an activating group) is 1. The number of hydrogen-bond donors (Lipinski definition) is 3. The van der Waals surface area contributed by atoms with Gasteiger partial charge in [0, 0.05) is 106 Å². The van der Waals surface area contributed by atoms with Crippen molar-refractivity contribution in [2.45, 2.75) is 95.9 Å². The topological polar surface area (TPSA) is 164 Å². The average molecular weight is 851 g/mol. The Balaban J connectivity index is 0.797. The lowest BCUT2D eigenvalue weighted by Gasteiger charge is -2.50. The van der Waals surface area contributed by atoms with Crippen molar-refractivity contribution in [1.29, 1.82) is 5.41 Å². The molecule has 5 aliphatic rings. The normalized spacial score (nSPS) is 22.5. The number of nitrogens with zero attached hydrogens (tertiary/aromatic N) is 7. The van der Waals surface area contributed by atoms with Crippen LogP contribution < -0.4 is 25.6 Å².